The van der Waals surface area contributed by atoms with Crippen molar-refractivity contribution in [2.75, 3.05) is 13.2 Å². The quantitative estimate of drug-likeness (QED) is 0.710. The molecule has 7 heteroatoms. The minimum Gasteiger partial charge on any atom is -0.477 e. The van der Waals surface area contributed by atoms with Gasteiger partial charge in [-0.25, -0.2) is 14.2 Å². The van der Waals surface area contributed by atoms with Gasteiger partial charge in [-0.1, -0.05) is 12.5 Å². The molecule has 1 aliphatic heterocycles. The molecule has 28 heavy (non-hydrogen) atoms. The van der Waals surface area contributed by atoms with Gasteiger partial charge in [-0.05, 0) is 50.8 Å². The number of carboxylic acids is 1. The second-order valence-corrected chi connectivity index (χ2v) is 7.47. The van der Waals surface area contributed by atoms with Crippen LogP contribution in [0.2, 0.25) is 0 Å². The van der Waals surface area contributed by atoms with Crippen molar-refractivity contribution in [2.45, 2.75) is 52.2 Å². The number of rotatable bonds is 7. The highest BCUT2D eigenvalue weighted by Gasteiger charge is 2.40. The van der Waals surface area contributed by atoms with Gasteiger partial charge in [0.2, 0.25) is 5.89 Å². The van der Waals surface area contributed by atoms with Crippen LogP contribution in [0.25, 0.3) is 11.5 Å². The molecule has 0 saturated carbocycles. The summed E-state index contributed by atoms with van der Waals surface area (Å²) in [6.07, 6.45) is 3.53. The fourth-order valence-corrected chi connectivity index (χ4v) is 3.17. The molecular weight excluding hydrogens is 365 g/mol. The van der Waals surface area contributed by atoms with Gasteiger partial charge in [0.05, 0.1) is 18.9 Å². The summed E-state index contributed by atoms with van der Waals surface area (Å²) in [5.74, 6) is -1.52. The van der Waals surface area contributed by atoms with Crippen molar-refractivity contribution in [1.29, 1.82) is 0 Å². The number of aryl methyl sites for hydroxylation is 3. The maximum Gasteiger partial charge on any atom is 0.364 e. The fourth-order valence-electron chi connectivity index (χ4n) is 3.17. The van der Waals surface area contributed by atoms with Gasteiger partial charge < -0.3 is 19.0 Å². The SMILES string of the molecule is Cc1ccc(-c2nc(CCCC[C@H]3CO[C@@](C)(C(=O)O)OC3)c(C)o2)cc1F. The zero-order valence-corrected chi connectivity index (χ0v) is 16.5. The van der Waals surface area contributed by atoms with E-state index in [1.54, 1.807) is 19.1 Å². The molecule has 2 heterocycles. The number of ether oxygens (including phenoxy) is 2. The number of hydrogen-bond acceptors (Lipinski definition) is 5. The van der Waals surface area contributed by atoms with E-state index in [2.05, 4.69) is 4.98 Å². The summed E-state index contributed by atoms with van der Waals surface area (Å²) in [5.41, 5.74) is 2.10. The van der Waals surface area contributed by atoms with Gasteiger partial charge in [0.1, 0.15) is 11.6 Å². The van der Waals surface area contributed by atoms with E-state index in [0.717, 1.165) is 37.1 Å². The first-order chi connectivity index (χ1) is 13.3. The normalized spacial score (nSPS) is 22.4. The molecule has 0 unspecified atom stereocenters. The van der Waals surface area contributed by atoms with Gasteiger partial charge in [0.25, 0.3) is 5.79 Å². The van der Waals surface area contributed by atoms with Crippen LogP contribution in [0.3, 0.4) is 0 Å². The maximum absolute atomic E-state index is 13.8. The summed E-state index contributed by atoms with van der Waals surface area (Å²) in [6.45, 7) is 5.78. The molecule has 1 saturated heterocycles. The number of unbranched alkanes of at least 4 members (excludes halogenated alkanes) is 1. The number of oxazole rings is 1. The highest BCUT2D eigenvalue weighted by Crippen LogP contribution is 2.26. The van der Waals surface area contributed by atoms with Crippen molar-refractivity contribution in [3.63, 3.8) is 0 Å². The topological polar surface area (TPSA) is 81.8 Å². The molecule has 0 atom stereocenters. The third kappa shape index (κ3) is 4.59. The lowest BCUT2D eigenvalue weighted by atomic mass is 10.0. The molecule has 1 aromatic carbocycles. The van der Waals surface area contributed by atoms with E-state index < -0.39 is 11.8 Å². The highest BCUT2D eigenvalue weighted by molar-refractivity contribution is 5.75. The standard InChI is InChI=1S/C21H26FNO5/c1-13-8-9-16(10-17(13)22)19-23-18(14(2)28-19)7-5-4-6-15-11-26-21(3,20(24)25)27-12-15/h8-10,15H,4-7,11-12H2,1-3H3,(H,24,25)/t15-,21+. The number of aliphatic carboxylic acids is 1. The lowest BCUT2D eigenvalue weighted by molar-refractivity contribution is -0.271. The smallest absolute Gasteiger partial charge is 0.364 e. The van der Waals surface area contributed by atoms with E-state index >= 15 is 0 Å². The van der Waals surface area contributed by atoms with Crippen molar-refractivity contribution in [1.82, 2.24) is 4.98 Å². The molecule has 1 aliphatic rings. The Morgan fingerprint density at radius 1 is 1.29 bits per heavy atom. The number of nitrogens with zero attached hydrogens (tertiary/aromatic N) is 1. The number of hydrogen-bond donors (Lipinski definition) is 1. The monoisotopic (exact) mass is 391 g/mol. The lowest BCUT2D eigenvalue weighted by Gasteiger charge is -2.34. The van der Waals surface area contributed by atoms with Crippen LogP contribution in [-0.2, 0) is 20.7 Å². The number of carboxylic acid groups (broad SMARTS) is 1. The van der Waals surface area contributed by atoms with E-state index in [1.807, 2.05) is 6.92 Å². The van der Waals surface area contributed by atoms with Crippen molar-refractivity contribution >= 4 is 5.97 Å². The Bertz CT molecular complexity index is 839. The number of halogens is 1. The van der Waals surface area contributed by atoms with Gasteiger partial charge in [-0.3, -0.25) is 0 Å². The number of carbonyl (C=O) groups is 1. The van der Waals surface area contributed by atoms with Gasteiger partial charge in [-0.15, -0.1) is 0 Å². The van der Waals surface area contributed by atoms with Crippen molar-refractivity contribution in [3.05, 3.63) is 41.0 Å². The Labute approximate surface area is 163 Å². The first-order valence-corrected chi connectivity index (χ1v) is 9.52. The average Bonchev–Trinajstić information content (AvgIpc) is 3.03. The molecule has 152 valence electrons. The fraction of sp³-hybridized carbons (Fsp3) is 0.524. The first kappa shape index (κ1) is 20.5. The average molecular weight is 391 g/mol. The summed E-state index contributed by atoms with van der Waals surface area (Å²) in [4.78, 5) is 15.6. The van der Waals surface area contributed by atoms with Crippen LogP contribution in [0.4, 0.5) is 4.39 Å². The molecule has 2 aromatic rings. The highest BCUT2D eigenvalue weighted by atomic mass is 19.1. The van der Waals surface area contributed by atoms with Crippen LogP contribution in [0, 0.1) is 25.6 Å². The Kier molecular flexibility index (Phi) is 6.15. The second kappa shape index (κ2) is 8.41. The van der Waals surface area contributed by atoms with Crippen LogP contribution in [0.15, 0.2) is 22.6 Å². The van der Waals surface area contributed by atoms with Crippen molar-refractivity contribution in [3.8, 4) is 11.5 Å². The second-order valence-electron chi connectivity index (χ2n) is 7.47. The van der Waals surface area contributed by atoms with Gasteiger partial charge in [0.15, 0.2) is 0 Å². The van der Waals surface area contributed by atoms with E-state index in [0.29, 0.717) is 30.2 Å². The zero-order valence-electron chi connectivity index (χ0n) is 16.5. The van der Waals surface area contributed by atoms with Crippen LogP contribution in [-0.4, -0.2) is 35.1 Å². The summed E-state index contributed by atoms with van der Waals surface area (Å²) in [7, 11) is 0. The molecule has 0 amide bonds. The molecule has 1 aromatic heterocycles. The molecule has 0 bridgehead atoms. The minimum absolute atomic E-state index is 0.192. The molecule has 6 nitrogen and oxygen atoms in total. The van der Waals surface area contributed by atoms with Crippen LogP contribution in [0.1, 0.15) is 43.2 Å². The Morgan fingerprint density at radius 3 is 2.64 bits per heavy atom. The first-order valence-electron chi connectivity index (χ1n) is 9.52. The third-order valence-electron chi connectivity index (χ3n) is 5.16. The largest absolute Gasteiger partial charge is 0.477 e. The zero-order chi connectivity index (χ0) is 20.3. The molecule has 1 N–H and O–H groups in total. The minimum atomic E-state index is -1.53. The molecule has 1 fully saturated rings. The van der Waals surface area contributed by atoms with Gasteiger partial charge in [0, 0.05) is 18.4 Å². The van der Waals surface area contributed by atoms with Crippen molar-refractivity contribution < 1.29 is 28.2 Å². The predicted molar refractivity (Wildman–Crippen MR) is 100 cm³/mol. The predicted octanol–water partition coefficient (Wildman–Crippen LogP) is 4.27. The number of aromatic nitrogens is 1. The molecular formula is C21H26FNO5. The summed E-state index contributed by atoms with van der Waals surface area (Å²) < 4.78 is 30.2. The Hall–Kier alpha value is -2.25. The van der Waals surface area contributed by atoms with E-state index in [1.165, 1.54) is 13.0 Å². The maximum atomic E-state index is 13.8. The third-order valence-corrected chi connectivity index (χ3v) is 5.16. The van der Waals surface area contributed by atoms with Gasteiger partial charge in [-0.2, -0.15) is 0 Å². The summed E-state index contributed by atoms with van der Waals surface area (Å²) >= 11 is 0. The van der Waals surface area contributed by atoms with Crippen LogP contribution < -0.4 is 0 Å². The Balaban J connectivity index is 1.48. The summed E-state index contributed by atoms with van der Waals surface area (Å²) in [5, 5.41) is 9.08. The van der Waals surface area contributed by atoms with Gasteiger partial charge >= 0.3 is 5.97 Å². The molecule has 0 aliphatic carbocycles. The van der Waals surface area contributed by atoms with Crippen LogP contribution in [0.5, 0.6) is 0 Å². The molecule has 3 rings (SSSR count). The molecule has 0 radical (unpaired) electrons. The molecule has 0 spiro atoms. The Morgan fingerprint density at radius 2 is 2.00 bits per heavy atom. The van der Waals surface area contributed by atoms with Crippen molar-refractivity contribution in [2.24, 2.45) is 5.92 Å². The number of benzene rings is 1. The van der Waals surface area contributed by atoms with E-state index in [4.69, 9.17) is 19.0 Å². The van der Waals surface area contributed by atoms with Crippen LogP contribution >= 0.6 is 0 Å². The van der Waals surface area contributed by atoms with E-state index in [9.17, 15) is 9.18 Å². The van der Waals surface area contributed by atoms with E-state index in [-0.39, 0.29) is 11.7 Å². The summed E-state index contributed by atoms with van der Waals surface area (Å²) in [6, 6.07) is 4.97. The lowest BCUT2D eigenvalue weighted by Crippen LogP contribution is -2.47.